The van der Waals surface area contributed by atoms with Crippen molar-refractivity contribution in [3.05, 3.63) is 120 Å². The second-order valence-corrected chi connectivity index (χ2v) is 8.43. The minimum atomic E-state index is -0.602. The number of Topliss-reactive ketones (excluding diaryl/α,β-unsaturated/α-hetero) is 1. The number of hydrogen-bond acceptors (Lipinski definition) is 6. The summed E-state index contributed by atoms with van der Waals surface area (Å²) in [6, 6.07) is 28.8. The zero-order valence-corrected chi connectivity index (χ0v) is 19.8. The fourth-order valence-corrected chi connectivity index (χ4v) is 4.29. The molecule has 1 aliphatic rings. The van der Waals surface area contributed by atoms with Crippen LogP contribution >= 0.6 is 0 Å². The lowest BCUT2D eigenvalue weighted by Crippen LogP contribution is -2.09. The van der Waals surface area contributed by atoms with Crippen molar-refractivity contribution in [1.82, 2.24) is 0 Å². The first-order chi connectivity index (χ1) is 18.1. The monoisotopic (exact) mass is 488 g/mol. The van der Waals surface area contributed by atoms with E-state index in [1.165, 1.54) is 0 Å². The number of allylic oxidation sites excluding steroid dienone is 1. The predicted octanol–water partition coefficient (Wildman–Crippen LogP) is 6.94. The molecule has 0 saturated carbocycles. The van der Waals surface area contributed by atoms with Crippen LogP contribution in [0, 0.1) is 0 Å². The van der Waals surface area contributed by atoms with E-state index in [4.69, 9.17) is 18.6 Å². The van der Waals surface area contributed by atoms with Crippen molar-refractivity contribution in [1.29, 1.82) is 0 Å². The van der Waals surface area contributed by atoms with Crippen molar-refractivity contribution >= 4 is 28.8 Å². The molecular formula is C31H20O6. The topological polar surface area (TPSA) is 75.0 Å². The summed E-state index contributed by atoms with van der Waals surface area (Å²) in [5.41, 5.74) is 2.81. The van der Waals surface area contributed by atoms with Gasteiger partial charge in [-0.05, 0) is 42.0 Å². The molecule has 0 unspecified atom stereocenters. The first-order valence-electron chi connectivity index (χ1n) is 11.6. The number of hydrogen-bond donors (Lipinski definition) is 0. The van der Waals surface area contributed by atoms with Crippen molar-refractivity contribution in [3.63, 3.8) is 0 Å². The Bertz CT molecular complexity index is 1680. The molecule has 6 heteroatoms. The SMILES string of the molecule is COc1ccc2oc(-c3ccccc3)c(C(=O)Oc3ccc4c(c3)OC(=Cc3ccccc3)C4=O)c2c1. The summed E-state index contributed by atoms with van der Waals surface area (Å²) < 4.78 is 23.0. The number of carbonyl (C=O) groups is 2. The molecule has 0 spiro atoms. The Balaban J connectivity index is 1.34. The summed E-state index contributed by atoms with van der Waals surface area (Å²) in [5.74, 6) is 0.946. The number of carbonyl (C=O) groups excluding carboxylic acids is 2. The van der Waals surface area contributed by atoms with Gasteiger partial charge in [0.15, 0.2) is 5.76 Å². The van der Waals surface area contributed by atoms with Crippen LogP contribution in [-0.4, -0.2) is 18.9 Å². The smallest absolute Gasteiger partial charge is 0.348 e. The molecular weight excluding hydrogens is 468 g/mol. The van der Waals surface area contributed by atoms with Gasteiger partial charge in [0.2, 0.25) is 5.78 Å². The zero-order chi connectivity index (χ0) is 25.4. The molecule has 6 rings (SSSR count). The molecule has 0 fully saturated rings. The number of esters is 1. The molecule has 0 radical (unpaired) electrons. The first-order valence-corrected chi connectivity index (χ1v) is 11.6. The number of fused-ring (bicyclic) bond motifs is 2. The number of furan rings is 1. The fraction of sp³-hybridized carbons (Fsp3) is 0.0323. The van der Waals surface area contributed by atoms with Crippen LogP contribution in [-0.2, 0) is 0 Å². The van der Waals surface area contributed by atoms with Crippen molar-refractivity contribution in [2.24, 2.45) is 0 Å². The summed E-state index contributed by atoms with van der Waals surface area (Å²) in [6.07, 6.45) is 1.69. The van der Waals surface area contributed by atoms with Gasteiger partial charge in [0.1, 0.15) is 34.2 Å². The largest absolute Gasteiger partial charge is 0.497 e. The van der Waals surface area contributed by atoms with E-state index in [-0.39, 0.29) is 22.9 Å². The number of rotatable bonds is 5. The van der Waals surface area contributed by atoms with Gasteiger partial charge in [0, 0.05) is 17.0 Å². The highest BCUT2D eigenvalue weighted by Crippen LogP contribution is 2.38. The van der Waals surface area contributed by atoms with Crippen LogP contribution in [0.2, 0.25) is 0 Å². The van der Waals surface area contributed by atoms with Crippen LogP contribution in [0.25, 0.3) is 28.4 Å². The summed E-state index contributed by atoms with van der Waals surface area (Å²) in [7, 11) is 1.56. The zero-order valence-electron chi connectivity index (χ0n) is 19.8. The Kier molecular flexibility index (Phi) is 5.54. The average Bonchev–Trinajstić information content (AvgIpc) is 3.46. The molecule has 5 aromatic rings. The molecule has 0 aliphatic carbocycles. The van der Waals surface area contributed by atoms with Gasteiger partial charge >= 0.3 is 5.97 Å². The van der Waals surface area contributed by atoms with E-state index >= 15 is 0 Å². The number of methoxy groups -OCH3 is 1. The Hall–Kier alpha value is -5.10. The van der Waals surface area contributed by atoms with E-state index < -0.39 is 5.97 Å². The van der Waals surface area contributed by atoms with Gasteiger partial charge in [-0.25, -0.2) is 4.79 Å². The second kappa shape index (κ2) is 9.17. The standard InChI is InChI=1S/C31H20O6/c1-34-21-13-15-25-24(17-21)28(30(37-25)20-10-6-3-7-11-20)31(33)35-22-12-14-23-26(18-22)36-27(29(23)32)16-19-8-4-2-5-9-19/h2-18H,1H3. The molecule has 0 atom stereocenters. The van der Waals surface area contributed by atoms with Crippen LogP contribution in [0.15, 0.2) is 107 Å². The third-order valence-electron chi connectivity index (χ3n) is 6.08. The van der Waals surface area contributed by atoms with Gasteiger partial charge in [-0.15, -0.1) is 0 Å². The highest BCUT2D eigenvalue weighted by atomic mass is 16.5. The number of benzene rings is 4. The lowest BCUT2D eigenvalue weighted by Gasteiger charge is -2.07. The highest BCUT2D eigenvalue weighted by Gasteiger charge is 2.29. The molecule has 0 bridgehead atoms. The molecule has 0 saturated heterocycles. The molecule has 1 aliphatic heterocycles. The van der Waals surface area contributed by atoms with Crippen LogP contribution in [0.5, 0.6) is 17.2 Å². The third kappa shape index (κ3) is 4.15. The first kappa shape index (κ1) is 22.4. The molecule has 1 aromatic heterocycles. The van der Waals surface area contributed by atoms with Crippen LogP contribution < -0.4 is 14.2 Å². The predicted molar refractivity (Wildman–Crippen MR) is 139 cm³/mol. The Morgan fingerprint density at radius 2 is 1.57 bits per heavy atom. The van der Waals surface area contributed by atoms with Crippen LogP contribution in [0.3, 0.4) is 0 Å². The minimum absolute atomic E-state index is 0.212. The van der Waals surface area contributed by atoms with E-state index in [1.54, 1.807) is 49.6 Å². The van der Waals surface area contributed by atoms with Gasteiger partial charge in [-0.1, -0.05) is 60.7 Å². The van der Waals surface area contributed by atoms with Crippen LogP contribution in [0.4, 0.5) is 0 Å². The van der Waals surface area contributed by atoms with Crippen molar-refractivity contribution < 1.29 is 28.2 Å². The molecule has 6 nitrogen and oxygen atoms in total. The van der Waals surface area contributed by atoms with Crippen molar-refractivity contribution in [2.45, 2.75) is 0 Å². The van der Waals surface area contributed by atoms with E-state index in [9.17, 15) is 9.59 Å². The van der Waals surface area contributed by atoms with Gasteiger partial charge in [0.05, 0.1) is 12.7 Å². The Labute approximate surface area is 212 Å². The quantitative estimate of drug-likeness (QED) is 0.151. The van der Waals surface area contributed by atoms with Gasteiger partial charge in [-0.3, -0.25) is 4.79 Å². The molecule has 4 aromatic carbocycles. The maximum absolute atomic E-state index is 13.5. The normalized spacial score (nSPS) is 13.4. The summed E-state index contributed by atoms with van der Waals surface area (Å²) in [5, 5.41) is 0.573. The Morgan fingerprint density at radius 1 is 0.838 bits per heavy atom. The minimum Gasteiger partial charge on any atom is -0.497 e. The lowest BCUT2D eigenvalue weighted by atomic mass is 10.1. The number of ketones is 1. The van der Waals surface area contributed by atoms with Crippen LogP contribution in [0.1, 0.15) is 26.3 Å². The maximum atomic E-state index is 13.5. The fourth-order valence-electron chi connectivity index (χ4n) is 4.29. The summed E-state index contributed by atoms with van der Waals surface area (Å²) in [6.45, 7) is 0. The summed E-state index contributed by atoms with van der Waals surface area (Å²) in [4.78, 5) is 26.3. The lowest BCUT2D eigenvalue weighted by molar-refractivity contribution is 0.0736. The second-order valence-electron chi connectivity index (χ2n) is 8.43. The number of ether oxygens (including phenoxy) is 3. The van der Waals surface area contributed by atoms with Crippen molar-refractivity contribution in [2.75, 3.05) is 7.11 Å². The van der Waals surface area contributed by atoms with Crippen molar-refractivity contribution in [3.8, 4) is 28.6 Å². The maximum Gasteiger partial charge on any atom is 0.348 e. The van der Waals surface area contributed by atoms with E-state index in [0.717, 1.165) is 11.1 Å². The molecule has 180 valence electrons. The molecule has 0 N–H and O–H groups in total. The van der Waals surface area contributed by atoms with Gasteiger partial charge in [0.25, 0.3) is 0 Å². The van der Waals surface area contributed by atoms with Gasteiger partial charge < -0.3 is 18.6 Å². The van der Waals surface area contributed by atoms with E-state index in [0.29, 0.717) is 33.8 Å². The molecule has 37 heavy (non-hydrogen) atoms. The highest BCUT2D eigenvalue weighted by molar-refractivity contribution is 6.15. The van der Waals surface area contributed by atoms with E-state index in [1.807, 2.05) is 60.7 Å². The average molecular weight is 488 g/mol. The van der Waals surface area contributed by atoms with Gasteiger partial charge in [-0.2, -0.15) is 0 Å². The summed E-state index contributed by atoms with van der Waals surface area (Å²) >= 11 is 0. The van der Waals surface area contributed by atoms with E-state index in [2.05, 4.69) is 0 Å². The Morgan fingerprint density at radius 3 is 2.32 bits per heavy atom. The third-order valence-corrected chi connectivity index (χ3v) is 6.08. The molecule has 2 heterocycles. The molecule has 0 amide bonds.